The maximum absolute atomic E-state index is 12.9. The van der Waals surface area contributed by atoms with E-state index in [0.29, 0.717) is 33.4 Å². The molecule has 0 aromatic heterocycles. The second-order valence-corrected chi connectivity index (χ2v) is 14.7. The fraction of sp³-hybridized carbons (Fsp3) is 0.903. The van der Waals surface area contributed by atoms with Gasteiger partial charge in [0.1, 0.15) is 5.78 Å². The molecule has 0 aromatic rings. The van der Waals surface area contributed by atoms with Crippen LogP contribution in [0.1, 0.15) is 113 Å². The van der Waals surface area contributed by atoms with Crippen LogP contribution < -0.4 is 0 Å². The first kappa shape index (κ1) is 24.1. The highest BCUT2D eigenvalue weighted by Gasteiger charge is 2.82. The van der Waals surface area contributed by atoms with Crippen molar-refractivity contribution in [2.45, 2.75) is 118 Å². The number of carbonyl (C=O) groups is 1. The Bertz CT molecular complexity index is 853. The maximum atomic E-state index is 12.9. The molecule has 0 radical (unpaired) electrons. The molecular formula is C31H50O2. The number of ether oxygens (including phenoxy) is 1. The van der Waals surface area contributed by atoms with E-state index in [1.165, 1.54) is 57.8 Å². The van der Waals surface area contributed by atoms with Crippen molar-refractivity contribution in [2.24, 2.45) is 50.7 Å². The topological polar surface area (TPSA) is 26.3 Å². The van der Waals surface area contributed by atoms with Gasteiger partial charge in [-0.15, -0.1) is 0 Å². The predicted molar refractivity (Wildman–Crippen MR) is 136 cm³/mol. The molecule has 5 rings (SSSR count). The molecule has 5 aliphatic rings. The lowest BCUT2D eigenvalue weighted by Gasteiger charge is -2.62. The number of ketones is 1. The van der Waals surface area contributed by atoms with Gasteiger partial charge in [0.15, 0.2) is 0 Å². The Morgan fingerprint density at radius 1 is 0.970 bits per heavy atom. The standard InChI is InChI=1S/C31H50O2/c1-21(10-9-15-26(2,3)33-8)22-13-16-29(7)24-12-11-23-27(4,5)25(32)14-17-30(23)20-31(24,30)19-18-28(22,29)6/h9,15,21-24H,10-14,16-20H2,1-8H3/b15-9+/t21-,22-,23+,24+,28-,29+,30-,31+/m1/s1. The van der Waals surface area contributed by atoms with Crippen molar-refractivity contribution in [3.63, 3.8) is 0 Å². The summed E-state index contributed by atoms with van der Waals surface area (Å²) in [5.41, 5.74) is 1.73. The smallest absolute Gasteiger partial charge is 0.138 e. The van der Waals surface area contributed by atoms with Crippen LogP contribution in [0.3, 0.4) is 0 Å². The summed E-state index contributed by atoms with van der Waals surface area (Å²) < 4.78 is 5.60. The minimum absolute atomic E-state index is 0.0938. The number of fused-ring (bicyclic) bond motifs is 2. The molecule has 0 saturated heterocycles. The molecule has 5 aliphatic carbocycles. The van der Waals surface area contributed by atoms with Gasteiger partial charge in [-0.05, 0) is 117 Å². The minimum atomic E-state index is -0.168. The van der Waals surface area contributed by atoms with Gasteiger partial charge in [0.2, 0.25) is 0 Å². The molecule has 0 heterocycles. The maximum Gasteiger partial charge on any atom is 0.138 e. The predicted octanol–water partition coefficient (Wildman–Crippen LogP) is 8.00. The van der Waals surface area contributed by atoms with Gasteiger partial charge in [0.05, 0.1) is 5.60 Å². The Kier molecular flexibility index (Phi) is 5.26. The highest BCUT2D eigenvalue weighted by molar-refractivity contribution is 5.86. The van der Waals surface area contributed by atoms with E-state index in [2.05, 4.69) is 60.6 Å². The number of methoxy groups -OCH3 is 1. The van der Waals surface area contributed by atoms with Crippen LogP contribution in [0.4, 0.5) is 0 Å². The third-order valence-electron chi connectivity index (χ3n) is 13.2. The molecule has 0 unspecified atom stereocenters. The molecule has 186 valence electrons. The first-order valence-electron chi connectivity index (χ1n) is 14.1. The first-order valence-corrected chi connectivity index (χ1v) is 14.1. The van der Waals surface area contributed by atoms with Gasteiger partial charge < -0.3 is 4.74 Å². The van der Waals surface area contributed by atoms with Crippen LogP contribution in [0.15, 0.2) is 12.2 Å². The zero-order valence-corrected chi connectivity index (χ0v) is 22.9. The summed E-state index contributed by atoms with van der Waals surface area (Å²) in [4.78, 5) is 12.9. The second kappa shape index (κ2) is 7.21. The van der Waals surface area contributed by atoms with Gasteiger partial charge in [-0.25, -0.2) is 0 Å². The van der Waals surface area contributed by atoms with Gasteiger partial charge in [0.25, 0.3) is 0 Å². The molecule has 0 aromatic carbocycles. The molecule has 2 nitrogen and oxygen atoms in total. The van der Waals surface area contributed by atoms with Gasteiger partial charge in [-0.2, -0.15) is 0 Å². The largest absolute Gasteiger partial charge is 0.375 e. The highest BCUT2D eigenvalue weighted by atomic mass is 16.5. The third kappa shape index (κ3) is 2.98. The van der Waals surface area contributed by atoms with Gasteiger partial charge in [-0.3, -0.25) is 4.79 Å². The average molecular weight is 455 g/mol. The van der Waals surface area contributed by atoms with Crippen molar-refractivity contribution < 1.29 is 9.53 Å². The highest BCUT2D eigenvalue weighted by Crippen LogP contribution is 2.88. The summed E-state index contributed by atoms with van der Waals surface area (Å²) in [6.07, 6.45) is 17.6. The minimum Gasteiger partial charge on any atom is -0.375 e. The van der Waals surface area contributed by atoms with Crippen molar-refractivity contribution in [3.8, 4) is 0 Å². The lowest BCUT2D eigenvalue weighted by atomic mass is 9.42. The van der Waals surface area contributed by atoms with E-state index in [-0.39, 0.29) is 11.0 Å². The second-order valence-electron chi connectivity index (χ2n) is 14.7. The van der Waals surface area contributed by atoms with Crippen LogP contribution in [0, 0.1) is 50.7 Å². The molecule has 33 heavy (non-hydrogen) atoms. The van der Waals surface area contributed by atoms with E-state index >= 15 is 0 Å². The van der Waals surface area contributed by atoms with E-state index in [9.17, 15) is 4.79 Å². The van der Waals surface area contributed by atoms with Crippen molar-refractivity contribution in [2.75, 3.05) is 7.11 Å². The zero-order valence-electron chi connectivity index (χ0n) is 22.9. The number of hydrogen-bond acceptors (Lipinski definition) is 2. The summed E-state index contributed by atoms with van der Waals surface area (Å²) in [5, 5.41) is 0. The molecule has 5 fully saturated rings. The van der Waals surface area contributed by atoms with Crippen molar-refractivity contribution >= 4 is 5.78 Å². The molecule has 2 spiro atoms. The van der Waals surface area contributed by atoms with Gasteiger partial charge in [-0.1, -0.05) is 46.8 Å². The Labute approximate surface area is 203 Å². The van der Waals surface area contributed by atoms with E-state index in [4.69, 9.17) is 4.74 Å². The zero-order chi connectivity index (χ0) is 24.1. The average Bonchev–Trinajstić information content (AvgIpc) is 3.33. The van der Waals surface area contributed by atoms with E-state index in [1.54, 1.807) is 7.11 Å². The summed E-state index contributed by atoms with van der Waals surface area (Å²) in [6, 6.07) is 0. The lowest BCUT2D eigenvalue weighted by Crippen LogP contribution is -2.57. The fourth-order valence-corrected chi connectivity index (χ4v) is 10.9. The summed E-state index contributed by atoms with van der Waals surface area (Å²) >= 11 is 0. The van der Waals surface area contributed by atoms with Crippen molar-refractivity contribution in [3.05, 3.63) is 12.2 Å². The molecular weight excluding hydrogens is 404 g/mol. The van der Waals surface area contributed by atoms with Gasteiger partial charge in [0, 0.05) is 18.9 Å². The first-order chi connectivity index (χ1) is 15.3. The summed E-state index contributed by atoms with van der Waals surface area (Å²) in [5.74, 6) is 3.62. The summed E-state index contributed by atoms with van der Waals surface area (Å²) in [6.45, 7) is 16.8. The van der Waals surface area contributed by atoms with Crippen LogP contribution in [0.25, 0.3) is 0 Å². The number of rotatable bonds is 5. The Morgan fingerprint density at radius 3 is 2.33 bits per heavy atom. The molecule has 0 aliphatic heterocycles. The van der Waals surface area contributed by atoms with E-state index in [1.807, 2.05) is 0 Å². The van der Waals surface area contributed by atoms with Crippen LogP contribution in [0.5, 0.6) is 0 Å². The normalized spacial score (nSPS) is 49.2. The van der Waals surface area contributed by atoms with Crippen LogP contribution in [0.2, 0.25) is 0 Å². The van der Waals surface area contributed by atoms with E-state index in [0.717, 1.165) is 24.2 Å². The van der Waals surface area contributed by atoms with Gasteiger partial charge >= 0.3 is 0 Å². The Balaban J connectivity index is 1.38. The molecule has 8 atom stereocenters. The SMILES string of the molecule is COC(C)(C)/C=C/C[C@@H](C)[C@H]1CC[C@@]2(C)[C@@H]3CC[C@H]4C(C)(C)C(=O)CC[C@@]45C[C@@]35CC[C@]12C. The molecule has 0 N–H and O–H groups in total. The lowest BCUT2D eigenvalue weighted by molar-refractivity contribution is -0.156. The number of carbonyl (C=O) groups excluding carboxylic acids is 1. The molecule has 2 heteroatoms. The number of hydrogen-bond donors (Lipinski definition) is 0. The monoisotopic (exact) mass is 454 g/mol. The van der Waals surface area contributed by atoms with Crippen molar-refractivity contribution in [1.82, 2.24) is 0 Å². The Hall–Kier alpha value is -0.630. The quantitative estimate of drug-likeness (QED) is 0.393. The number of Topliss-reactive ketones (excluding diaryl/α,β-unsaturated/α-hetero) is 1. The van der Waals surface area contributed by atoms with E-state index < -0.39 is 0 Å². The Morgan fingerprint density at radius 2 is 1.64 bits per heavy atom. The third-order valence-corrected chi connectivity index (χ3v) is 13.2. The molecule has 5 saturated carbocycles. The molecule has 0 bridgehead atoms. The fourth-order valence-electron chi connectivity index (χ4n) is 10.9. The van der Waals surface area contributed by atoms with Crippen LogP contribution in [-0.4, -0.2) is 18.5 Å². The number of allylic oxidation sites excluding steroid dienone is 1. The summed E-state index contributed by atoms with van der Waals surface area (Å²) in [7, 11) is 1.80. The van der Waals surface area contributed by atoms with Crippen LogP contribution in [-0.2, 0) is 9.53 Å². The van der Waals surface area contributed by atoms with Crippen molar-refractivity contribution in [1.29, 1.82) is 0 Å². The van der Waals surface area contributed by atoms with Crippen LogP contribution >= 0.6 is 0 Å². The molecule has 0 amide bonds.